The number of ether oxygens (including phenoxy) is 1. The van der Waals surface area contributed by atoms with Crippen LogP contribution in [0.3, 0.4) is 0 Å². The van der Waals surface area contributed by atoms with E-state index < -0.39 is 48.5 Å². The van der Waals surface area contributed by atoms with Gasteiger partial charge in [-0.05, 0) is 18.2 Å². The molecule has 0 fully saturated rings. The molecule has 21 heteroatoms. The molecular weight excluding hydrogens is 636 g/mol. The molecule has 1 aliphatic rings. The highest BCUT2D eigenvalue weighted by Gasteiger charge is 2.35. The third kappa shape index (κ3) is 6.21. The van der Waals surface area contributed by atoms with Crippen LogP contribution in [0.4, 0.5) is 35.1 Å². The second kappa shape index (κ2) is 12.2. The Labute approximate surface area is 245 Å². The van der Waals surface area contributed by atoms with Gasteiger partial charge in [-0.1, -0.05) is 22.0 Å². The Morgan fingerprint density at radius 1 is 1.09 bits per heavy atom. The molecule has 5 rings (SSSR count). The third-order valence-corrected chi connectivity index (χ3v) is 6.56. The minimum atomic E-state index is -4.84. The van der Waals surface area contributed by atoms with E-state index in [2.05, 4.69) is 36.3 Å². The third-order valence-electron chi connectivity index (χ3n) is 6.27. The first-order valence-corrected chi connectivity index (χ1v) is 12.5. The topological polar surface area (TPSA) is 125 Å². The molecule has 0 radical (unpaired) electrons. The summed E-state index contributed by atoms with van der Waals surface area (Å²) in [4.78, 5) is 0. The Kier molecular flexibility index (Phi) is 8.57. The number of nitrogens with zero attached hydrogens (tertiary/aromatic N) is 8. The lowest BCUT2D eigenvalue weighted by molar-refractivity contribution is -0.616. The molecule has 3 aromatic heterocycles. The van der Waals surface area contributed by atoms with Crippen LogP contribution in [0.2, 0.25) is 5.02 Å². The summed E-state index contributed by atoms with van der Waals surface area (Å²) in [5, 5.41) is 27.3. The van der Waals surface area contributed by atoms with Crippen LogP contribution < -0.4 is 15.7 Å². The van der Waals surface area contributed by atoms with Crippen molar-refractivity contribution < 1.29 is 44.6 Å². The van der Waals surface area contributed by atoms with Gasteiger partial charge < -0.3 is 15.4 Å². The highest BCUT2D eigenvalue weighted by atomic mass is 35.5. The molecule has 12 nitrogen and oxygen atoms in total. The van der Waals surface area contributed by atoms with Crippen LogP contribution in [0, 0.1) is 11.0 Å². The molecule has 1 aromatic carbocycles. The van der Waals surface area contributed by atoms with Gasteiger partial charge >= 0.3 is 19.3 Å². The van der Waals surface area contributed by atoms with E-state index in [4.69, 9.17) is 11.6 Å². The average Bonchev–Trinajstić information content (AvgIpc) is 3.73. The summed E-state index contributed by atoms with van der Waals surface area (Å²) in [5.41, 5.74) is 2.91. The lowest BCUT2D eigenvalue weighted by atomic mass is 10.0. The zero-order valence-electron chi connectivity index (χ0n) is 21.6. The van der Waals surface area contributed by atoms with Crippen molar-refractivity contribution in [2.45, 2.75) is 31.8 Å². The SMILES string of the molecule is [O-][n+]1cc(-c2c(-n3cc(C(F)(F)F)nn3)ccc(Cl)c2F)ccc1[C@@H](CCOC(F)F)N1C=C(c2cnnn2C(F)F)NN1. The maximum atomic E-state index is 15.3. The van der Waals surface area contributed by atoms with Crippen LogP contribution in [-0.2, 0) is 10.9 Å². The number of hydrogen-bond acceptors (Lipinski definition) is 9. The highest BCUT2D eigenvalue weighted by molar-refractivity contribution is 6.31. The zero-order chi connectivity index (χ0) is 31.8. The number of nitrogens with one attached hydrogen (secondary N) is 2. The number of hydrazine groups is 2. The Hall–Kier alpha value is -4.56. The van der Waals surface area contributed by atoms with Crippen LogP contribution in [0.1, 0.15) is 36.1 Å². The maximum Gasteiger partial charge on any atom is 0.436 e. The van der Waals surface area contributed by atoms with Crippen molar-refractivity contribution in [3.05, 3.63) is 82.2 Å². The van der Waals surface area contributed by atoms with Gasteiger partial charge in [0.2, 0.25) is 5.69 Å². The number of pyridine rings is 1. The molecule has 4 aromatic rings. The van der Waals surface area contributed by atoms with Gasteiger partial charge in [0.15, 0.2) is 17.7 Å². The largest absolute Gasteiger partial charge is 0.618 e. The van der Waals surface area contributed by atoms with E-state index in [1.807, 2.05) is 0 Å². The fourth-order valence-corrected chi connectivity index (χ4v) is 4.48. The quantitative estimate of drug-likeness (QED) is 0.146. The summed E-state index contributed by atoms with van der Waals surface area (Å²) in [6, 6.07) is 3.62. The number of aromatic nitrogens is 7. The van der Waals surface area contributed by atoms with Crippen LogP contribution in [0.15, 0.2) is 49.1 Å². The lowest BCUT2D eigenvalue weighted by Gasteiger charge is -2.26. The second-order valence-corrected chi connectivity index (χ2v) is 9.34. The van der Waals surface area contributed by atoms with Crippen molar-refractivity contribution in [1.29, 1.82) is 0 Å². The van der Waals surface area contributed by atoms with Crippen molar-refractivity contribution in [3.8, 4) is 16.8 Å². The average molecular weight is 653 g/mol. The van der Waals surface area contributed by atoms with Crippen molar-refractivity contribution in [2.24, 2.45) is 0 Å². The summed E-state index contributed by atoms with van der Waals surface area (Å²) in [6.45, 7) is -6.72. The van der Waals surface area contributed by atoms with Crippen molar-refractivity contribution in [3.63, 3.8) is 0 Å². The van der Waals surface area contributed by atoms with Crippen LogP contribution >= 0.6 is 11.6 Å². The number of hydrogen-bond donors (Lipinski definition) is 2. The molecule has 0 saturated heterocycles. The molecule has 0 unspecified atom stereocenters. The maximum absolute atomic E-state index is 15.3. The van der Waals surface area contributed by atoms with Crippen LogP contribution in [-0.4, -0.2) is 48.2 Å². The number of alkyl halides is 7. The summed E-state index contributed by atoms with van der Waals surface area (Å²) in [7, 11) is 0. The van der Waals surface area contributed by atoms with E-state index in [1.54, 1.807) is 0 Å². The van der Waals surface area contributed by atoms with Crippen LogP contribution in [0.25, 0.3) is 22.5 Å². The predicted octanol–water partition coefficient (Wildman–Crippen LogP) is 4.36. The summed E-state index contributed by atoms with van der Waals surface area (Å²) in [6.07, 6.45) is -1.37. The van der Waals surface area contributed by atoms with E-state index in [1.165, 1.54) is 29.4 Å². The zero-order valence-corrected chi connectivity index (χ0v) is 22.3. The molecule has 44 heavy (non-hydrogen) atoms. The van der Waals surface area contributed by atoms with Crippen LogP contribution in [0.5, 0.6) is 0 Å². The molecule has 0 amide bonds. The van der Waals surface area contributed by atoms with E-state index in [0.29, 0.717) is 15.6 Å². The Bertz CT molecular complexity index is 1680. The Morgan fingerprint density at radius 2 is 1.86 bits per heavy atom. The Balaban J connectivity index is 1.52. The highest BCUT2D eigenvalue weighted by Crippen LogP contribution is 2.35. The van der Waals surface area contributed by atoms with E-state index in [0.717, 1.165) is 18.5 Å². The fraction of sp³-hybridized carbons (Fsp3) is 0.261. The van der Waals surface area contributed by atoms with Gasteiger partial charge in [0, 0.05) is 18.7 Å². The molecule has 2 N–H and O–H groups in total. The predicted molar refractivity (Wildman–Crippen MR) is 132 cm³/mol. The number of benzene rings is 1. The van der Waals surface area contributed by atoms with E-state index >= 15 is 4.39 Å². The molecular formula is C23H17ClF8N10O2. The van der Waals surface area contributed by atoms with Gasteiger partial charge in [0.05, 0.1) is 46.5 Å². The smallest absolute Gasteiger partial charge is 0.436 e. The lowest BCUT2D eigenvalue weighted by Crippen LogP contribution is -2.44. The molecule has 234 valence electrons. The molecule has 0 spiro atoms. The standard InChI is InChI=1S/C23H17ClF8N10O2/c24-12-2-4-16(40-10-18(35-38-40)23(30,31)32)19(20(12)25)11-1-3-15(41(43)8-11)14(5-6-44-22(28)29)39-9-13(34-37-39)17-7-33-36-42(17)21(26)27/h1-4,7-10,14,21-22,34,37H,5-6H2/t14-/m1/s1. The number of halogens is 9. The first-order chi connectivity index (χ1) is 20.8. The van der Waals surface area contributed by atoms with Crippen molar-refractivity contribution in [2.75, 3.05) is 6.61 Å². The van der Waals surface area contributed by atoms with Crippen molar-refractivity contribution >= 4 is 17.3 Å². The van der Waals surface area contributed by atoms with Gasteiger partial charge in [-0.15, -0.1) is 15.7 Å². The van der Waals surface area contributed by atoms with E-state index in [9.17, 15) is 35.9 Å². The van der Waals surface area contributed by atoms with E-state index in [-0.39, 0.29) is 45.1 Å². The first kappa shape index (κ1) is 30.9. The van der Waals surface area contributed by atoms with Gasteiger partial charge in [-0.2, -0.15) is 40.1 Å². The minimum absolute atomic E-state index is 0.0424. The molecule has 0 saturated carbocycles. The molecule has 0 bridgehead atoms. The van der Waals surface area contributed by atoms with Crippen molar-refractivity contribution in [1.82, 2.24) is 46.0 Å². The van der Waals surface area contributed by atoms with Gasteiger partial charge in [-0.25, -0.2) is 9.07 Å². The molecule has 0 aliphatic carbocycles. The summed E-state index contributed by atoms with van der Waals surface area (Å²) < 4.78 is 112. The van der Waals surface area contributed by atoms with Gasteiger partial charge in [0.25, 0.3) is 0 Å². The fourth-order valence-electron chi connectivity index (χ4n) is 4.32. The Morgan fingerprint density at radius 3 is 2.52 bits per heavy atom. The first-order valence-electron chi connectivity index (χ1n) is 12.2. The minimum Gasteiger partial charge on any atom is -0.618 e. The summed E-state index contributed by atoms with van der Waals surface area (Å²) >= 11 is 5.93. The monoisotopic (exact) mass is 652 g/mol. The van der Waals surface area contributed by atoms with Gasteiger partial charge in [-0.3, -0.25) is 5.01 Å². The summed E-state index contributed by atoms with van der Waals surface area (Å²) in [5.74, 6) is -1.08. The molecule has 1 atom stereocenters. The normalized spacial score (nSPS) is 14.4. The second-order valence-electron chi connectivity index (χ2n) is 8.93. The molecule has 1 aliphatic heterocycles. The van der Waals surface area contributed by atoms with Gasteiger partial charge in [0.1, 0.15) is 11.7 Å². The number of rotatable bonds is 10. The molecule has 4 heterocycles.